The minimum Gasteiger partial charge on any atom is -0.472 e. The number of nitrogens with zero attached hydrogens (tertiary/aromatic N) is 5. The zero-order valence-corrected chi connectivity index (χ0v) is 19.9. The Morgan fingerprint density at radius 1 is 1.05 bits per heavy atom. The normalized spacial score (nSPS) is 15.7. The van der Waals surface area contributed by atoms with Gasteiger partial charge in [0.1, 0.15) is 11.4 Å². The van der Waals surface area contributed by atoms with Crippen molar-refractivity contribution < 1.29 is 17.6 Å². The second kappa shape index (κ2) is 8.52. The third kappa shape index (κ3) is 3.82. The molecular formula is C27H20F3N7O. The quantitative estimate of drug-likeness (QED) is 0.301. The molecule has 0 unspecified atom stereocenters. The van der Waals surface area contributed by atoms with Crippen molar-refractivity contribution in [3.8, 4) is 33.9 Å². The van der Waals surface area contributed by atoms with Crippen LogP contribution in [-0.4, -0.2) is 54.0 Å². The number of rotatable bonds is 5. The van der Waals surface area contributed by atoms with E-state index >= 15 is 4.39 Å². The molecule has 190 valence electrons. The molecule has 0 spiro atoms. The van der Waals surface area contributed by atoms with Crippen LogP contribution < -0.4 is 0 Å². The molecule has 1 aliphatic heterocycles. The molecular weight excluding hydrogens is 495 g/mol. The lowest BCUT2D eigenvalue weighted by molar-refractivity contribution is 0.0115. The van der Waals surface area contributed by atoms with Gasteiger partial charge in [0.15, 0.2) is 11.6 Å². The first kappa shape index (κ1) is 22.7. The predicted octanol–water partition coefficient (Wildman–Crippen LogP) is 5.80. The van der Waals surface area contributed by atoms with Crippen LogP contribution in [0.25, 0.3) is 55.8 Å². The Kier molecular flexibility index (Phi) is 5.08. The number of aromatic amines is 2. The monoisotopic (exact) mass is 515 g/mol. The number of likely N-dealkylation sites (tertiary alicyclic amines) is 1. The van der Waals surface area contributed by atoms with Crippen molar-refractivity contribution in [2.75, 3.05) is 13.1 Å². The van der Waals surface area contributed by atoms with Crippen LogP contribution in [0.5, 0.6) is 0 Å². The molecule has 7 rings (SSSR count). The lowest BCUT2D eigenvalue weighted by Gasteiger charge is -2.15. The molecule has 38 heavy (non-hydrogen) atoms. The van der Waals surface area contributed by atoms with E-state index in [0.29, 0.717) is 46.8 Å². The Labute approximate surface area is 213 Å². The first-order chi connectivity index (χ1) is 18.4. The Morgan fingerprint density at radius 3 is 2.79 bits per heavy atom. The van der Waals surface area contributed by atoms with Gasteiger partial charge in [0.05, 0.1) is 47.2 Å². The topological polar surface area (TPSA) is 99.5 Å². The molecule has 5 aromatic heterocycles. The van der Waals surface area contributed by atoms with Gasteiger partial charge in [-0.2, -0.15) is 5.10 Å². The zero-order chi connectivity index (χ0) is 25.9. The maximum absolute atomic E-state index is 16.0. The summed E-state index contributed by atoms with van der Waals surface area (Å²) in [6.07, 6.45) is 7.70. The summed E-state index contributed by atoms with van der Waals surface area (Å²) in [5.74, 6) is -2.86. The van der Waals surface area contributed by atoms with E-state index in [9.17, 15) is 8.78 Å². The van der Waals surface area contributed by atoms with Crippen molar-refractivity contribution in [1.82, 2.24) is 35.0 Å². The van der Waals surface area contributed by atoms with E-state index < -0.39 is 11.7 Å². The second-order valence-electron chi connectivity index (χ2n) is 9.48. The van der Waals surface area contributed by atoms with E-state index in [2.05, 4.69) is 25.1 Å². The summed E-state index contributed by atoms with van der Waals surface area (Å²) in [5.41, 5.74) is 5.22. The molecule has 1 aliphatic rings. The molecule has 1 fully saturated rings. The van der Waals surface area contributed by atoms with E-state index in [1.54, 1.807) is 29.7 Å². The molecule has 0 atom stereocenters. The second-order valence-corrected chi connectivity index (χ2v) is 9.48. The molecule has 0 radical (unpaired) electrons. The number of hydrogen-bond acceptors (Lipinski definition) is 6. The van der Waals surface area contributed by atoms with Gasteiger partial charge < -0.3 is 9.40 Å². The molecule has 0 aliphatic carbocycles. The number of alkyl halides is 2. The highest BCUT2D eigenvalue weighted by Gasteiger charge is 2.38. The summed E-state index contributed by atoms with van der Waals surface area (Å²) in [4.78, 5) is 18.2. The van der Waals surface area contributed by atoms with Crippen LogP contribution in [0.4, 0.5) is 13.2 Å². The van der Waals surface area contributed by atoms with Crippen molar-refractivity contribution in [2.45, 2.75) is 18.9 Å². The highest BCUT2D eigenvalue weighted by atomic mass is 19.3. The smallest absolute Gasteiger partial charge is 0.261 e. The first-order valence-electron chi connectivity index (χ1n) is 12.0. The van der Waals surface area contributed by atoms with Gasteiger partial charge in [-0.1, -0.05) is 12.1 Å². The number of para-hydroxylation sites is 1. The number of halogens is 3. The molecule has 0 amide bonds. The largest absolute Gasteiger partial charge is 0.472 e. The van der Waals surface area contributed by atoms with E-state index in [4.69, 9.17) is 9.40 Å². The summed E-state index contributed by atoms with van der Waals surface area (Å²) in [6, 6.07) is 9.31. The molecule has 6 heterocycles. The Morgan fingerprint density at radius 2 is 1.97 bits per heavy atom. The molecule has 1 saturated heterocycles. The number of pyridine rings is 2. The van der Waals surface area contributed by atoms with Crippen LogP contribution in [-0.2, 0) is 6.54 Å². The number of furan rings is 1. The number of aromatic nitrogens is 6. The van der Waals surface area contributed by atoms with Gasteiger partial charge in [-0.25, -0.2) is 18.2 Å². The van der Waals surface area contributed by atoms with Crippen LogP contribution in [0.1, 0.15) is 12.0 Å². The minimum absolute atomic E-state index is 0.0939. The Bertz CT molecular complexity index is 1790. The highest BCUT2D eigenvalue weighted by Crippen LogP contribution is 2.35. The third-order valence-electron chi connectivity index (χ3n) is 6.84. The van der Waals surface area contributed by atoms with Crippen molar-refractivity contribution in [3.05, 3.63) is 72.8 Å². The number of imidazole rings is 1. The zero-order valence-electron chi connectivity index (χ0n) is 19.9. The molecule has 1 aromatic carbocycles. The fourth-order valence-corrected chi connectivity index (χ4v) is 5.05. The van der Waals surface area contributed by atoms with Crippen LogP contribution in [0, 0.1) is 5.82 Å². The van der Waals surface area contributed by atoms with E-state index in [-0.39, 0.29) is 24.0 Å². The van der Waals surface area contributed by atoms with Crippen molar-refractivity contribution in [2.24, 2.45) is 0 Å². The van der Waals surface area contributed by atoms with Gasteiger partial charge in [0, 0.05) is 48.6 Å². The Balaban J connectivity index is 1.28. The fourth-order valence-electron chi connectivity index (χ4n) is 5.05. The van der Waals surface area contributed by atoms with Crippen LogP contribution in [0.3, 0.4) is 0 Å². The third-order valence-corrected chi connectivity index (χ3v) is 6.84. The predicted molar refractivity (Wildman–Crippen MR) is 135 cm³/mol. The van der Waals surface area contributed by atoms with Crippen LogP contribution in [0.2, 0.25) is 0 Å². The van der Waals surface area contributed by atoms with Gasteiger partial charge in [-0.05, 0) is 23.8 Å². The summed E-state index contributed by atoms with van der Waals surface area (Å²) in [6.45, 7) is 0.303. The SMILES string of the molecule is Fc1c(-c2cncc(CN3CCC(F)(F)C3)c2)ncc2[nH]nc(-c3nc4c(-c5ccoc5)cccc4[nH]3)c12. The lowest BCUT2D eigenvalue weighted by atomic mass is 10.1. The fraction of sp³-hybridized carbons (Fsp3) is 0.185. The van der Waals surface area contributed by atoms with Crippen LogP contribution >= 0.6 is 0 Å². The molecule has 6 aromatic rings. The van der Waals surface area contributed by atoms with Gasteiger partial charge in [0.25, 0.3) is 5.92 Å². The van der Waals surface area contributed by atoms with E-state index in [1.807, 2.05) is 24.3 Å². The molecule has 0 bridgehead atoms. The summed E-state index contributed by atoms with van der Waals surface area (Å²) >= 11 is 0. The molecule has 0 saturated carbocycles. The minimum atomic E-state index is -2.68. The Hall–Kier alpha value is -4.51. The highest BCUT2D eigenvalue weighted by molar-refractivity contribution is 5.98. The maximum Gasteiger partial charge on any atom is 0.261 e. The molecule has 11 heteroatoms. The van der Waals surface area contributed by atoms with E-state index in [0.717, 1.165) is 16.6 Å². The first-order valence-corrected chi connectivity index (χ1v) is 12.0. The van der Waals surface area contributed by atoms with Gasteiger partial charge in [-0.3, -0.25) is 20.0 Å². The number of fused-ring (bicyclic) bond motifs is 2. The summed E-state index contributed by atoms with van der Waals surface area (Å²) in [5, 5.41) is 7.42. The number of benzene rings is 1. The van der Waals surface area contributed by atoms with Gasteiger partial charge in [0.2, 0.25) is 0 Å². The van der Waals surface area contributed by atoms with Crippen LogP contribution in [0.15, 0.2) is 65.9 Å². The standard InChI is InChI=1S/C27H20F3N7O/c28-22-21-20(11-32-23(22)17-8-15(9-31-10-17)12-37-6-5-27(29,30)14-37)35-36-25(21)26-33-19-3-1-2-18(24(19)34-26)16-4-7-38-13-16/h1-4,7-11,13H,5-6,12,14H2,(H,33,34)(H,35,36). The number of H-pyrrole nitrogens is 2. The van der Waals surface area contributed by atoms with Crippen molar-refractivity contribution in [3.63, 3.8) is 0 Å². The van der Waals surface area contributed by atoms with Gasteiger partial charge >= 0.3 is 0 Å². The number of hydrogen-bond donors (Lipinski definition) is 2. The lowest BCUT2D eigenvalue weighted by Crippen LogP contribution is -2.24. The molecule has 2 N–H and O–H groups in total. The summed E-state index contributed by atoms with van der Waals surface area (Å²) in [7, 11) is 0. The maximum atomic E-state index is 16.0. The van der Waals surface area contributed by atoms with Crippen molar-refractivity contribution >= 4 is 21.9 Å². The van der Waals surface area contributed by atoms with E-state index in [1.165, 1.54) is 12.4 Å². The average molecular weight is 515 g/mol. The number of nitrogens with one attached hydrogen (secondary N) is 2. The summed E-state index contributed by atoms with van der Waals surface area (Å²) < 4.78 is 48.5. The average Bonchev–Trinajstić information content (AvgIpc) is 3.70. The van der Waals surface area contributed by atoms with Gasteiger partial charge in [-0.15, -0.1) is 0 Å². The van der Waals surface area contributed by atoms with Crippen molar-refractivity contribution in [1.29, 1.82) is 0 Å². The molecule has 8 nitrogen and oxygen atoms in total.